The Morgan fingerprint density at radius 1 is 1.18 bits per heavy atom. The Morgan fingerprint density at radius 2 is 1.73 bits per heavy atom. The van der Waals surface area contributed by atoms with Gasteiger partial charge in [0, 0.05) is 5.69 Å². The molecule has 2 N–H and O–H groups in total. The molecule has 0 aliphatic rings. The molecule has 0 aliphatic heterocycles. The zero-order chi connectivity index (χ0) is 8.85. The molecule has 2 heteroatoms. The van der Waals surface area contributed by atoms with E-state index in [1.807, 2.05) is 13.8 Å². The van der Waals surface area contributed by atoms with Gasteiger partial charge in [-0.05, 0) is 30.7 Å². The minimum absolute atomic E-state index is 0.271. The summed E-state index contributed by atoms with van der Waals surface area (Å²) in [5, 5.41) is 0. The molecule has 0 saturated heterocycles. The lowest BCUT2D eigenvalue weighted by Gasteiger charge is -1.94. The summed E-state index contributed by atoms with van der Waals surface area (Å²) in [5.74, 6) is -0.271. The van der Waals surface area contributed by atoms with Crippen LogP contribution in [0.25, 0.3) is 0 Å². The summed E-state index contributed by atoms with van der Waals surface area (Å²) in [4.78, 5) is 0. The highest BCUT2D eigenvalue weighted by atomic mass is 19.1. The number of hydrogen-bond acceptors (Lipinski definition) is 1. The maximum absolute atomic E-state index is 12.3. The molecule has 11 heavy (non-hydrogen) atoms. The number of nitrogen functional groups attached to an aromatic ring is 1. The van der Waals surface area contributed by atoms with Gasteiger partial charge in [-0.2, -0.15) is 0 Å². The molecule has 1 rings (SSSR count). The molecule has 0 spiro atoms. The average Bonchev–Trinajstić information content (AvgIpc) is 1.88. The number of aryl methyl sites for hydroxylation is 1. The predicted molar refractivity (Wildman–Crippen MR) is 46.9 cm³/mol. The van der Waals surface area contributed by atoms with Gasteiger partial charge in [0.05, 0.1) is 0 Å². The van der Waals surface area contributed by atoms with Crippen LogP contribution in [0.15, 0.2) is 18.2 Å². The molecule has 1 aromatic rings. The Kier molecular flexibility index (Phi) is 4.27. The lowest BCUT2D eigenvalue weighted by molar-refractivity contribution is 0.627. The number of benzene rings is 1. The van der Waals surface area contributed by atoms with Gasteiger partial charge in [0.15, 0.2) is 0 Å². The summed E-state index contributed by atoms with van der Waals surface area (Å²) in [7, 11) is 0. The zero-order valence-electron chi connectivity index (χ0n) is 7.19. The largest absolute Gasteiger partial charge is 0.399 e. The second-order valence-electron chi connectivity index (χ2n) is 2.06. The van der Waals surface area contributed by atoms with Crippen molar-refractivity contribution in [1.29, 1.82) is 0 Å². The Balaban J connectivity index is 0.000000461. The number of nitrogens with two attached hydrogens (primary N) is 1. The van der Waals surface area contributed by atoms with E-state index in [4.69, 9.17) is 5.73 Å². The quantitative estimate of drug-likeness (QED) is 0.573. The van der Waals surface area contributed by atoms with E-state index >= 15 is 0 Å². The van der Waals surface area contributed by atoms with Gasteiger partial charge in [0.25, 0.3) is 0 Å². The van der Waals surface area contributed by atoms with E-state index in [-0.39, 0.29) is 5.82 Å². The molecule has 62 valence electrons. The highest BCUT2D eigenvalue weighted by Gasteiger charge is 1.91. The first-order valence-electron chi connectivity index (χ1n) is 3.71. The van der Waals surface area contributed by atoms with Crippen LogP contribution in [0.2, 0.25) is 0 Å². The SMILES string of the molecule is CC.Cc1cc(N)cc(F)c1. The molecule has 0 atom stereocenters. The van der Waals surface area contributed by atoms with Crippen LogP contribution >= 0.6 is 0 Å². The van der Waals surface area contributed by atoms with Crippen LogP contribution in [-0.4, -0.2) is 0 Å². The van der Waals surface area contributed by atoms with Gasteiger partial charge in [0.2, 0.25) is 0 Å². The maximum atomic E-state index is 12.3. The summed E-state index contributed by atoms with van der Waals surface area (Å²) < 4.78 is 12.3. The van der Waals surface area contributed by atoms with Crippen molar-refractivity contribution in [2.75, 3.05) is 5.73 Å². The van der Waals surface area contributed by atoms with E-state index in [1.165, 1.54) is 12.1 Å². The van der Waals surface area contributed by atoms with Gasteiger partial charge < -0.3 is 5.73 Å². The van der Waals surface area contributed by atoms with Gasteiger partial charge in [-0.3, -0.25) is 0 Å². The minimum Gasteiger partial charge on any atom is -0.399 e. The van der Waals surface area contributed by atoms with Gasteiger partial charge in [-0.25, -0.2) is 4.39 Å². The van der Waals surface area contributed by atoms with E-state index in [0.717, 1.165) is 5.56 Å². The second kappa shape index (κ2) is 4.72. The molecule has 0 aromatic heterocycles. The molecule has 1 nitrogen and oxygen atoms in total. The van der Waals surface area contributed by atoms with Crippen molar-refractivity contribution in [3.8, 4) is 0 Å². The first-order chi connectivity index (χ1) is 5.18. The van der Waals surface area contributed by atoms with Crippen LogP contribution in [0.3, 0.4) is 0 Å². The van der Waals surface area contributed by atoms with Crippen molar-refractivity contribution in [3.63, 3.8) is 0 Å². The van der Waals surface area contributed by atoms with Crippen LogP contribution < -0.4 is 5.73 Å². The number of rotatable bonds is 0. The Bertz CT molecular complexity index is 170. The Labute approximate surface area is 67.0 Å². The van der Waals surface area contributed by atoms with Crippen molar-refractivity contribution in [3.05, 3.63) is 29.6 Å². The van der Waals surface area contributed by atoms with E-state index in [9.17, 15) is 4.39 Å². The summed E-state index contributed by atoms with van der Waals surface area (Å²) in [6.07, 6.45) is 0. The van der Waals surface area contributed by atoms with Crippen LogP contribution in [0, 0.1) is 12.7 Å². The van der Waals surface area contributed by atoms with E-state index < -0.39 is 0 Å². The van der Waals surface area contributed by atoms with Crippen LogP contribution in [-0.2, 0) is 0 Å². The van der Waals surface area contributed by atoms with Crippen LogP contribution in [0.4, 0.5) is 10.1 Å². The molecule has 0 unspecified atom stereocenters. The summed E-state index contributed by atoms with van der Waals surface area (Å²) in [6.45, 7) is 5.80. The number of hydrogen-bond donors (Lipinski definition) is 1. The first-order valence-corrected chi connectivity index (χ1v) is 3.71. The van der Waals surface area contributed by atoms with Gasteiger partial charge in [0.1, 0.15) is 5.82 Å². The summed E-state index contributed by atoms with van der Waals surface area (Å²) >= 11 is 0. The number of anilines is 1. The molecule has 0 bridgehead atoms. The van der Waals surface area contributed by atoms with Crippen molar-refractivity contribution in [2.24, 2.45) is 0 Å². The van der Waals surface area contributed by atoms with Crippen LogP contribution in [0.5, 0.6) is 0 Å². The van der Waals surface area contributed by atoms with Gasteiger partial charge in [-0.15, -0.1) is 0 Å². The smallest absolute Gasteiger partial charge is 0.125 e. The third kappa shape index (κ3) is 3.61. The lowest BCUT2D eigenvalue weighted by Crippen LogP contribution is -1.86. The lowest BCUT2D eigenvalue weighted by atomic mass is 10.2. The minimum atomic E-state index is -0.271. The summed E-state index contributed by atoms with van der Waals surface area (Å²) in [6, 6.07) is 4.46. The van der Waals surface area contributed by atoms with E-state index in [1.54, 1.807) is 13.0 Å². The van der Waals surface area contributed by atoms with Gasteiger partial charge >= 0.3 is 0 Å². The highest BCUT2D eigenvalue weighted by Crippen LogP contribution is 2.08. The average molecular weight is 155 g/mol. The van der Waals surface area contributed by atoms with Gasteiger partial charge in [-0.1, -0.05) is 13.8 Å². The third-order valence-electron chi connectivity index (χ3n) is 1.06. The first kappa shape index (κ1) is 9.95. The molecule has 0 radical (unpaired) electrons. The fraction of sp³-hybridized carbons (Fsp3) is 0.333. The molecule has 0 amide bonds. The fourth-order valence-corrected chi connectivity index (χ4v) is 0.765. The van der Waals surface area contributed by atoms with E-state index in [2.05, 4.69) is 0 Å². The highest BCUT2D eigenvalue weighted by molar-refractivity contribution is 5.40. The van der Waals surface area contributed by atoms with Crippen molar-refractivity contribution >= 4 is 5.69 Å². The molecule has 0 aliphatic carbocycles. The normalized spacial score (nSPS) is 8.36. The third-order valence-corrected chi connectivity index (χ3v) is 1.06. The maximum Gasteiger partial charge on any atom is 0.125 e. The monoisotopic (exact) mass is 155 g/mol. The zero-order valence-corrected chi connectivity index (χ0v) is 7.19. The van der Waals surface area contributed by atoms with E-state index in [0.29, 0.717) is 5.69 Å². The fourth-order valence-electron chi connectivity index (χ4n) is 0.765. The number of halogens is 1. The molecular weight excluding hydrogens is 141 g/mol. The molecular formula is C9H14FN. The Hall–Kier alpha value is -1.05. The van der Waals surface area contributed by atoms with Crippen molar-refractivity contribution in [1.82, 2.24) is 0 Å². The second-order valence-corrected chi connectivity index (χ2v) is 2.06. The van der Waals surface area contributed by atoms with Crippen molar-refractivity contribution in [2.45, 2.75) is 20.8 Å². The molecule has 0 fully saturated rings. The van der Waals surface area contributed by atoms with Crippen LogP contribution in [0.1, 0.15) is 19.4 Å². The van der Waals surface area contributed by atoms with Crippen molar-refractivity contribution < 1.29 is 4.39 Å². The molecule has 0 saturated carbocycles. The Morgan fingerprint density at radius 3 is 2.09 bits per heavy atom. The molecule has 0 heterocycles. The molecule has 1 aromatic carbocycles. The topological polar surface area (TPSA) is 26.0 Å². The predicted octanol–water partition coefficient (Wildman–Crippen LogP) is 2.74. The standard InChI is InChI=1S/C7H8FN.C2H6/c1-5-2-6(8)4-7(9)3-5;1-2/h2-4H,9H2,1H3;1-2H3. The summed E-state index contributed by atoms with van der Waals surface area (Å²) in [5.41, 5.74) is 6.65.